The topological polar surface area (TPSA) is 59.7 Å². The highest BCUT2D eigenvalue weighted by molar-refractivity contribution is 6.08. The Kier molecular flexibility index (Phi) is 4.34. The van der Waals surface area contributed by atoms with Gasteiger partial charge < -0.3 is 14.8 Å². The largest absolute Gasteiger partial charge is 0.360 e. The van der Waals surface area contributed by atoms with E-state index in [0.717, 1.165) is 29.6 Å². The third kappa shape index (κ3) is 3.22. The molecule has 6 nitrogen and oxygen atoms in total. The summed E-state index contributed by atoms with van der Waals surface area (Å²) in [6, 6.07) is 7.87. The first-order valence-electron chi connectivity index (χ1n) is 7.84. The standard InChI is InChI=1S/C17H22N4O2/c1-19(2)17(23)21-9-7-20(8-10-21)12-16(22)14-11-18-15-6-4-3-5-13(14)15/h3-6,11,18H,7-10,12H2,1-2H3. The minimum absolute atomic E-state index is 0.0348. The molecule has 0 radical (unpaired) electrons. The van der Waals surface area contributed by atoms with Gasteiger partial charge in [0, 0.05) is 62.9 Å². The summed E-state index contributed by atoms with van der Waals surface area (Å²) >= 11 is 0. The van der Waals surface area contributed by atoms with Crippen molar-refractivity contribution in [3.05, 3.63) is 36.0 Å². The van der Waals surface area contributed by atoms with Crippen LogP contribution in [0.25, 0.3) is 10.9 Å². The second-order valence-electron chi connectivity index (χ2n) is 6.11. The number of aromatic nitrogens is 1. The van der Waals surface area contributed by atoms with E-state index in [4.69, 9.17) is 0 Å². The Morgan fingerprint density at radius 1 is 1.13 bits per heavy atom. The van der Waals surface area contributed by atoms with Crippen molar-refractivity contribution in [2.45, 2.75) is 0 Å². The number of fused-ring (bicyclic) bond motifs is 1. The zero-order valence-electron chi connectivity index (χ0n) is 13.6. The van der Waals surface area contributed by atoms with Crippen LogP contribution < -0.4 is 0 Å². The first kappa shape index (κ1) is 15.6. The van der Waals surface area contributed by atoms with Gasteiger partial charge in [0.25, 0.3) is 0 Å². The number of benzene rings is 1. The molecule has 0 unspecified atom stereocenters. The summed E-state index contributed by atoms with van der Waals surface area (Å²) < 4.78 is 0. The summed E-state index contributed by atoms with van der Waals surface area (Å²) in [5.41, 5.74) is 1.73. The number of hydrogen-bond donors (Lipinski definition) is 1. The van der Waals surface area contributed by atoms with Crippen molar-refractivity contribution in [3.8, 4) is 0 Å². The van der Waals surface area contributed by atoms with Crippen LogP contribution in [0, 0.1) is 0 Å². The summed E-state index contributed by atoms with van der Waals surface area (Å²) in [5.74, 6) is 0.120. The van der Waals surface area contributed by atoms with E-state index in [1.807, 2.05) is 29.2 Å². The lowest BCUT2D eigenvalue weighted by Crippen LogP contribution is -2.52. The summed E-state index contributed by atoms with van der Waals surface area (Å²) in [4.78, 5) is 33.2. The average molecular weight is 314 g/mol. The van der Waals surface area contributed by atoms with E-state index >= 15 is 0 Å². The highest BCUT2D eigenvalue weighted by Gasteiger charge is 2.24. The molecule has 122 valence electrons. The van der Waals surface area contributed by atoms with Crippen LogP contribution in [-0.2, 0) is 0 Å². The van der Waals surface area contributed by atoms with E-state index < -0.39 is 0 Å². The van der Waals surface area contributed by atoms with E-state index in [-0.39, 0.29) is 11.8 Å². The fraction of sp³-hybridized carbons (Fsp3) is 0.412. The number of H-pyrrole nitrogens is 1. The second kappa shape index (κ2) is 6.42. The van der Waals surface area contributed by atoms with Gasteiger partial charge in [0.1, 0.15) is 0 Å². The van der Waals surface area contributed by atoms with E-state index in [9.17, 15) is 9.59 Å². The van der Waals surface area contributed by atoms with Crippen LogP contribution in [0.15, 0.2) is 30.5 Å². The number of piperazine rings is 1. The van der Waals surface area contributed by atoms with Crippen molar-refractivity contribution >= 4 is 22.7 Å². The van der Waals surface area contributed by atoms with E-state index in [2.05, 4.69) is 9.88 Å². The van der Waals surface area contributed by atoms with Gasteiger partial charge in [-0.05, 0) is 6.07 Å². The Morgan fingerprint density at radius 3 is 2.52 bits per heavy atom. The lowest BCUT2D eigenvalue weighted by Gasteiger charge is -2.35. The smallest absolute Gasteiger partial charge is 0.319 e. The minimum Gasteiger partial charge on any atom is -0.360 e. The lowest BCUT2D eigenvalue weighted by molar-refractivity contribution is 0.0865. The number of nitrogens with one attached hydrogen (secondary N) is 1. The van der Waals surface area contributed by atoms with Crippen LogP contribution in [0.2, 0.25) is 0 Å². The van der Waals surface area contributed by atoms with Gasteiger partial charge in [-0.25, -0.2) is 4.79 Å². The van der Waals surface area contributed by atoms with Gasteiger partial charge >= 0.3 is 6.03 Å². The van der Waals surface area contributed by atoms with Crippen molar-refractivity contribution in [3.63, 3.8) is 0 Å². The van der Waals surface area contributed by atoms with Crippen LogP contribution in [0.4, 0.5) is 4.79 Å². The van der Waals surface area contributed by atoms with Gasteiger partial charge in [0.05, 0.1) is 6.54 Å². The molecule has 0 saturated carbocycles. The number of aromatic amines is 1. The lowest BCUT2D eigenvalue weighted by atomic mass is 10.1. The third-order valence-corrected chi connectivity index (χ3v) is 4.28. The van der Waals surface area contributed by atoms with Crippen LogP contribution in [0.5, 0.6) is 0 Å². The van der Waals surface area contributed by atoms with E-state index in [0.29, 0.717) is 19.6 Å². The number of rotatable bonds is 3. The van der Waals surface area contributed by atoms with Crippen molar-refractivity contribution < 1.29 is 9.59 Å². The monoisotopic (exact) mass is 314 g/mol. The molecule has 2 heterocycles. The number of Topliss-reactive ketones (excluding diaryl/α,β-unsaturated/α-hetero) is 1. The van der Waals surface area contributed by atoms with Crippen molar-refractivity contribution in [1.29, 1.82) is 0 Å². The molecule has 1 N–H and O–H groups in total. The van der Waals surface area contributed by atoms with Gasteiger partial charge in [0.15, 0.2) is 5.78 Å². The molecular formula is C17H22N4O2. The van der Waals surface area contributed by atoms with Crippen LogP contribution in [0.1, 0.15) is 10.4 Å². The van der Waals surface area contributed by atoms with Crippen molar-refractivity contribution in [2.24, 2.45) is 0 Å². The molecule has 2 aromatic rings. The van der Waals surface area contributed by atoms with Crippen LogP contribution in [-0.4, -0.2) is 78.3 Å². The number of amides is 2. The SMILES string of the molecule is CN(C)C(=O)N1CCN(CC(=O)c2c[nH]c3ccccc23)CC1. The fourth-order valence-corrected chi connectivity index (χ4v) is 2.97. The molecule has 0 bridgehead atoms. The average Bonchev–Trinajstić information content (AvgIpc) is 2.99. The molecule has 1 aliphatic rings. The summed E-state index contributed by atoms with van der Waals surface area (Å²) in [5, 5.41) is 0.971. The minimum atomic E-state index is 0.0348. The maximum atomic E-state index is 12.6. The number of nitrogens with zero attached hydrogens (tertiary/aromatic N) is 3. The summed E-state index contributed by atoms with van der Waals surface area (Å²) in [6.45, 7) is 3.18. The number of urea groups is 1. The van der Waals surface area contributed by atoms with Crippen LogP contribution in [0.3, 0.4) is 0 Å². The molecule has 0 aliphatic carbocycles. The van der Waals surface area contributed by atoms with Gasteiger partial charge in [0.2, 0.25) is 0 Å². The van der Waals surface area contributed by atoms with E-state index in [1.165, 1.54) is 0 Å². The predicted octanol–water partition coefficient (Wildman–Crippen LogP) is 1.65. The normalized spacial score (nSPS) is 15.8. The molecule has 1 aliphatic heterocycles. The molecule has 0 atom stereocenters. The number of ketones is 1. The number of hydrogen-bond acceptors (Lipinski definition) is 3. The molecule has 1 aromatic heterocycles. The quantitative estimate of drug-likeness (QED) is 0.876. The van der Waals surface area contributed by atoms with Gasteiger partial charge in [-0.15, -0.1) is 0 Å². The Hall–Kier alpha value is -2.34. The highest BCUT2D eigenvalue weighted by Crippen LogP contribution is 2.18. The second-order valence-corrected chi connectivity index (χ2v) is 6.11. The maximum Gasteiger partial charge on any atom is 0.319 e. The molecule has 1 fully saturated rings. The summed E-state index contributed by atoms with van der Waals surface area (Å²) in [6.07, 6.45) is 1.79. The molecule has 3 rings (SSSR count). The van der Waals surface area contributed by atoms with E-state index in [1.54, 1.807) is 25.2 Å². The molecule has 23 heavy (non-hydrogen) atoms. The molecule has 1 saturated heterocycles. The number of carbonyl (C=O) groups excluding carboxylic acids is 2. The van der Waals surface area contributed by atoms with Gasteiger partial charge in [-0.3, -0.25) is 9.69 Å². The van der Waals surface area contributed by atoms with Gasteiger partial charge in [-0.2, -0.15) is 0 Å². The Morgan fingerprint density at radius 2 is 1.83 bits per heavy atom. The summed E-state index contributed by atoms with van der Waals surface area (Å²) in [7, 11) is 3.52. The zero-order chi connectivity index (χ0) is 16.4. The number of para-hydroxylation sites is 1. The highest BCUT2D eigenvalue weighted by atomic mass is 16.2. The molecular weight excluding hydrogens is 292 g/mol. The van der Waals surface area contributed by atoms with Crippen LogP contribution >= 0.6 is 0 Å². The molecule has 1 aromatic carbocycles. The Balaban J connectivity index is 1.61. The fourth-order valence-electron chi connectivity index (χ4n) is 2.97. The molecule has 2 amide bonds. The molecule has 0 spiro atoms. The first-order chi connectivity index (χ1) is 11.1. The van der Waals surface area contributed by atoms with Gasteiger partial charge in [-0.1, -0.05) is 18.2 Å². The maximum absolute atomic E-state index is 12.6. The number of carbonyl (C=O) groups is 2. The zero-order valence-corrected chi connectivity index (χ0v) is 13.6. The molecule has 6 heteroatoms. The Labute approximate surface area is 135 Å². The van der Waals surface area contributed by atoms with Crippen molar-refractivity contribution in [2.75, 3.05) is 46.8 Å². The first-order valence-corrected chi connectivity index (χ1v) is 7.84. The predicted molar refractivity (Wildman–Crippen MR) is 89.7 cm³/mol. The van der Waals surface area contributed by atoms with Crippen molar-refractivity contribution in [1.82, 2.24) is 19.7 Å². The third-order valence-electron chi connectivity index (χ3n) is 4.28. The Bertz CT molecular complexity index is 714.